The topological polar surface area (TPSA) is 59.5 Å². The van der Waals surface area contributed by atoms with E-state index in [9.17, 15) is 9.59 Å². The Morgan fingerprint density at radius 3 is 2.17 bits per heavy atom. The number of methoxy groups -OCH3 is 1. The Labute approximate surface area is 216 Å². The van der Waals surface area contributed by atoms with E-state index in [1.54, 1.807) is 23.2 Å². The van der Waals surface area contributed by atoms with E-state index in [1.165, 1.54) is 7.11 Å². The number of benzene rings is 3. The maximum absolute atomic E-state index is 13.5. The third kappa shape index (κ3) is 5.92. The predicted octanol–water partition coefficient (Wildman–Crippen LogP) is 7.31. The van der Waals surface area contributed by atoms with Gasteiger partial charge in [-0.05, 0) is 63.9 Å². The average Bonchev–Trinajstić information content (AvgIpc) is 2.86. The first-order valence-electron chi connectivity index (χ1n) is 11.8. The Morgan fingerprint density at radius 2 is 1.56 bits per heavy atom. The van der Waals surface area contributed by atoms with Crippen LogP contribution in [0.1, 0.15) is 43.1 Å². The molecular formula is C30H29ClN2O3. The number of fused-ring (bicyclic) bond motifs is 1. The summed E-state index contributed by atoms with van der Waals surface area (Å²) < 4.78 is 4.86. The van der Waals surface area contributed by atoms with Gasteiger partial charge in [0.1, 0.15) is 5.82 Å². The third-order valence-corrected chi connectivity index (χ3v) is 6.13. The molecule has 0 aliphatic heterocycles. The first-order valence-corrected chi connectivity index (χ1v) is 12.1. The van der Waals surface area contributed by atoms with Gasteiger partial charge in [-0.1, -0.05) is 68.8 Å². The second-order valence-electron chi connectivity index (χ2n) is 9.98. The number of esters is 1. The summed E-state index contributed by atoms with van der Waals surface area (Å²) in [5.41, 5.74) is 3.40. The fraction of sp³-hybridized carbons (Fsp3) is 0.233. The quantitative estimate of drug-likeness (QED) is 0.260. The van der Waals surface area contributed by atoms with Gasteiger partial charge in [0.05, 0.1) is 19.2 Å². The zero-order valence-corrected chi connectivity index (χ0v) is 21.7. The summed E-state index contributed by atoms with van der Waals surface area (Å²) in [6.07, 6.45) is 2.04. The van der Waals surface area contributed by atoms with Crippen LogP contribution in [0.3, 0.4) is 0 Å². The molecule has 0 saturated carbocycles. The van der Waals surface area contributed by atoms with Gasteiger partial charge in [0.15, 0.2) is 0 Å². The van der Waals surface area contributed by atoms with Crippen molar-refractivity contribution in [2.45, 2.75) is 33.7 Å². The Hall–Kier alpha value is -3.70. The Bertz CT molecular complexity index is 1390. The number of hydrogen-bond acceptors (Lipinski definition) is 4. The van der Waals surface area contributed by atoms with Gasteiger partial charge < -0.3 is 4.74 Å². The molecule has 0 N–H and O–H groups in total. The highest BCUT2D eigenvalue weighted by atomic mass is 35.5. The molecule has 4 rings (SSSR count). The molecular weight excluding hydrogens is 472 g/mol. The van der Waals surface area contributed by atoms with Crippen molar-refractivity contribution in [2.75, 3.05) is 12.0 Å². The molecule has 184 valence electrons. The van der Waals surface area contributed by atoms with Crippen LogP contribution in [0.15, 0.2) is 79.0 Å². The molecule has 0 spiro atoms. The number of nitrogens with zero attached hydrogens (tertiary/aromatic N) is 2. The maximum Gasteiger partial charge on any atom is 0.337 e. The number of aromatic nitrogens is 1. The summed E-state index contributed by atoms with van der Waals surface area (Å²) >= 11 is 6.02. The van der Waals surface area contributed by atoms with E-state index in [4.69, 9.17) is 16.3 Å². The van der Waals surface area contributed by atoms with Crippen LogP contribution in [0, 0.1) is 5.41 Å². The normalized spacial score (nSPS) is 11.4. The van der Waals surface area contributed by atoms with Crippen molar-refractivity contribution in [1.82, 2.24) is 4.98 Å². The largest absolute Gasteiger partial charge is 0.465 e. The molecule has 5 nitrogen and oxygen atoms in total. The fourth-order valence-electron chi connectivity index (χ4n) is 4.08. The molecule has 0 atom stereocenters. The zero-order chi connectivity index (χ0) is 25.9. The molecule has 0 aliphatic rings. The van der Waals surface area contributed by atoms with Crippen LogP contribution >= 0.6 is 11.6 Å². The average molecular weight is 501 g/mol. The Kier molecular flexibility index (Phi) is 7.41. The van der Waals surface area contributed by atoms with Crippen LogP contribution < -0.4 is 4.90 Å². The third-order valence-electron chi connectivity index (χ3n) is 5.87. The van der Waals surface area contributed by atoms with Crippen molar-refractivity contribution in [1.29, 1.82) is 0 Å². The summed E-state index contributed by atoms with van der Waals surface area (Å²) in [7, 11) is 1.36. The minimum absolute atomic E-state index is 0.0127. The van der Waals surface area contributed by atoms with Gasteiger partial charge in [-0.2, -0.15) is 0 Å². The molecule has 0 aliphatic carbocycles. The number of pyridine rings is 1. The number of carbonyl (C=O) groups is 2. The number of ether oxygens (including phenoxy) is 1. The lowest BCUT2D eigenvalue weighted by molar-refractivity contribution is -0.120. The second kappa shape index (κ2) is 10.5. The minimum atomic E-state index is -0.406. The summed E-state index contributed by atoms with van der Waals surface area (Å²) in [4.78, 5) is 31.9. The van der Waals surface area contributed by atoms with Gasteiger partial charge in [0.25, 0.3) is 0 Å². The van der Waals surface area contributed by atoms with Crippen molar-refractivity contribution in [3.05, 3.63) is 95.1 Å². The van der Waals surface area contributed by atoms with Crippen LogP contribution in [0.5, 0.6) is 0 Å². The van der Waals surface area contributed by atoms with E-state index in [0.29, 0.717) is 29.4 Å². The molecule has 0 bridgehead atoms. The summed E-state index contributed by atoms with van der Waals surface area (Å²) in [5, 5.41) is 2.31. The van der Waals surface area contributed by atoms with E-state index in [2.05, 4.69) is 4.98 Å². The second-order valence-corrected chi connectivity index (χ2v) is 10.4. The summed E-state index contributed by atoms with van der Waals surface area (Å²) in [6, 6.07) is 23.0. The van der Waals surface area contributed by atoms with Crippen LogP contribution in [-0.2, 0) is 16.1 Å². The molecule has 0 fully saturated rings. The summed E-state index contributed by atoms with van der Waals surface area (Å²) in [5.74, 6) is 0.151. The number of rotatable bonds is 6. The lowest BCUT2D eigenvalue weighted by Crippen LogP contribution is -2.34. The highest BCUT2D eigenvalue weighted by Gasteiger charge is 2.25. The molecule has 0 radical (unpaired) electrons. The Morgan fingerprint density at radius 1 is 0.917 bits per heavy atom. The SMILES string of the molecule is COC(=O)c1ccc2c(N(Cc3ccc(-c4ccc(Cl)cc4)cc3)C(=O)CC(C)(C)C)nccc2c1. The molecule has 4 aromatic rings. The van der Waals surface area contributed by atoms with Crippen molar-refractivity contribution < 1.29 is 14.3 Å². The van der Waals surface area contributed by atoms with E-state index in [-0.39, 0.29) is 11.3 Å². The smallest absolute Gasteiger partial charge is 0.337 e. The molecule has 0 saturated heterocycles. The molecule has 1 heterocycles. The minimum Gasteiger partial charge on any atom is -0.465 e. The summed E-state index contributed by atoms with van der Waals surface area (Å²) in [6.45, 7) is 6.51. The molecule has 0 unspecified atom stereocenters. The van der Waals surface area contributed by atoms with E-state index >= 15 is 0 Å². The van der Waals surface area contributed by atoms with Gasteiger partial charge in [-0.25, -0.2) is 9.78 Å². The highest BCUT2D eigenvalue weighted by Crippen LogP contribution is 2.30. The van der Waals surface area contributed by atoms with Gasteiger partial charge in [0.2, 0.25) is 5.91 Å². The van der Waals surface area contributed by atoms with E-state index in [1.807, 2.05) is 81.4 Å². The van der Waals surface area contributed by atoms with Gasteiger partial charge >= 0.3 is 5.97 Å². The predicted molar refractivity (Wildman–Crippen MR) is 145 cm³/mol. The van der Waals surface area contributed by atoms with Crippen molar-refractivity contribution in [2.24, 2.45) is 5.41 Å². The highest BCUT2D eigenvalue weighted by molar-refractivity contribution is 6.30. The molecule has 3 aromatic carbocycles. The van der Waals surface area contributed by atoms with Gasteiger partial charge in [0, 0.05) is 23.0 Å². The molecule has 36 heavy (non-hydrogen) atoms. The lowest BCUT2D eigenvalue weighted by atomic mass is 9.91. The Balaban J connectivity index is 1.70. The first-order chi connectivity index (χ1) is 17.1. The molecule has 6 heteroatoms. The number of hydrogen-bond donors (Lipinski definition) is 0. The maximum atomic E-state index is 13.5. The lowest BCUT2D eigenvalue weighted by Gasteiger charge is -2.27. The van der Waals surface area contributed by atoms with Crippen molar-refractivity contribution >= 4 is 40.1 Å². The number of halogens is 1. The van der Waals surface area contributed by atoms with Crippen LogP contribution in [0.2, 0.25) is 5.02 Å². The van der Waals surface area contributed by atoms with Crippen LogP contribution in [-0.4, -0.2) is 24.0 Å². The molecule has 1 aromatic heterocycles. The molecule has 1 amide bonds. The standard InChI is InChI=1S/C30H29ClN2O3/c1-30(2,3)18-27(34)33(19-20-5-7-21(8-6-20)22-9-12-25(31)13-10-22)28-26-14-11-24(29(35)36-4)17-23(26)15-16-32-28/h5-17H,18-19H2,1-4H3. The number of carbonyl (C=O) groups excluding carboxylic acids is 2. The number of anilines is 1. The van der Waals surface area contributed by atoms with Crippen LogP contribution in [0.25, 0.3) is 21.9 Å². The van der Waals surface area contributed by atoms with Crippen molar-refractivity contribution in [3.63, 3.8) is 0 Å². The van der Waals surface area contributed by atoms with Crippen LogP contribution in [0.4, 0.5) is 5.82 Å². The van der Waals surface area contributed by atoms with Gasteiger partial charge in [-0.3, -0.25) is 9.69 Å². The fourth-order valence-corrected chi connectivity index (χ4v) is 4.21. The number of amides is 1. The zero-order valence-electron chi connectivity index (χ0n) is 20.9. The first kappa shape index (κ1) is 25.4. The van der Waals surface area contributed by atoms with Crippen molar-refractivity contribution in [3.8, 4) is 11.1 Å². The van der Waals surface area contributed by atoms with E-state index < -0.39 is 5.97 Å². The van der Waals surface area contributed by atoms with Gasteiger partial charge in [-0.15, -0.1) is 0 Å². The van der Waals surface area contributed by atoms with E-state index in [0.717, 1.165) is 27.5 Å². The monoisotopic (exact) mass is 500 g/mol.